The molecule has 0 N–H and O–H groups in total. The Labute approximate surface area is 143 Å². The van der Waals surface area contributed by atoms with Crippen molar-refractivity contribution in [2.24, 2.45) is 0 Å². The largest absolute Gasteiger partial charge is 0.360 e. The fourth-order valence-electron chi connectivity index (χ4n) is 2.88. The van der Waals surface area contributed by atoms with E-state index in [1.165, 1.54) is 4.88 Å². The number of carbonyl (C=O) groups excluding carboxylic acids is 1. The highest BCUT2D eigenvalue weighted by molar-refractivity contribution is 7.16. The van der Waals surface area contributed by atoms with Crippen LogP contribution in [0.3, 0.4) is 0 Å². The number of aromatic nitrogens is 1. The summed E-state index contributed by atoms with van der Waals surface area (Å²) >= 11 is 7.59. The summed E-state index contributed by atoms with van der Waals surface area (Å²) in [7, 11) is 0. The highest BCUT2D eigenvalue weighted by Gasteiger charge is 2.30. The molecule has 122 valence electrons. The van der Waals surface area contributed by atoms with Crippen molar-refractivity contribution >= 4 is 28.8 Å². The maximum Gasteiger partial charge on any atom is 0.276 e. The van der Waals surface area contributed by atoms with Crippen molar-refractivity contribution in [2.75, 3.05) is 26.2 Å². The minimum absolute atomic E-state index is 0.0144. The van der Waals surface area contributed by atoms with Gasteiger partial charge in [-0.3, -0.25) is 9.69 Å². The van der Waals surface area contributed by atoms with Gasteiger partial charge in [-0.2, -0.15) is 0 Å². The van der Waals surface area contributed by atoms with Crippen LogP contribution in [-0.2, 0) is 6.54 Å². The molecule has 5 nitrogen and oxygen atoms in total. The van der Waals surface area contributed by atoms with E-state index in [1.54, 1.807) is 11.3 Å². The van der Waals surface area contributed by atoms with E-state index < -0.39 is 0 Å². The Morgan fingerprint density at radius 3 is 2.74 bits per heavy atom. The van der Waals surface area contributed by atoms with Crippen LogP contribution >= 0.6 is 22.9 Å². The first-order valence-electron chi connectivity index (χ1n) is 7.91. The van der Waals surface area contributed by atoms with Crippen LogP contribution in [0.5, 0.6) is 0 Å². The summed E-state index contributed by atoms with van der Waals surface area (Å²) in [5, 5.41) is 3.95. The number of halogens is 1. The third kappa shape index (κ3) is 3.44. The topological polar surface area (TPSA) is 49.6 Å². The van der Waals surface area contributed by atoms with Crippen LogP contribution in [0.15, 0.2) is 22.7 Å². The number of hydrogen-bond acceptors (Lipinski definition) is 5. The second-order valence-electron chi connectivity index (χ2n) is 6.16. The van der Waals surface area contributed by atoms with Crippen molar-refractivity contribution in [3.8, 4) is 0 Å². The molecule has 2 aromatic rings. The Balaban J connectivity index is 1.32. The minimum Gasteiger partial charge on any atom is -0.360 e. The molecule has 1 amide bonds. The molecule has 23 heavy (non-hydrogen) atoms. The van der Waals surface area contributed by atoms with Crippen LogP contribution in [0, 0.1) is 0 Å². The molecule has 0 bridgehead atoms. The molecule has 2 aromatic heterocycles. The van der Waals surface area contributed by atoms with Crippen LogP contribution in [0.4, 0.5) is 0 Å². The van der Waals surface area contributed by atoms with Crippen LogP contribution in [-0.4, -0.2) is 47.0 Å². The van der Waals surface area contributed by atoms with Crippen molar-refractivity contribution in [1.82, 2.24) is 15.0 Å². The highest BCUT2D eigenvalue weighted by Crippen LogP contribution is 2.40. The van der Waals surface area contributed by atoms with E-state index in [0.29, 0.717) is 11.6 Å². The molecule has 2 fully saturated rings. The van der Waals surface area contributed by atoms with Gasteiger partial charge in [0, 0.05) is 49.6 Å². The third-order valence-electron chi connectivity index (χ3n) is 4.40. The summed E-state index contributed by atoms with van der Waals surface area (Å²) in [6.45, 7) is 4.09. The van der Waals surface area contributed by atoms with Crippen molar-refractivity contribution in [2.45, 2.75) is 25.3 Å². The average molecular weight is 352 g/mol. The Morgan fingerprint density at radius 2 is 2.09 bits per heavy atom. The molecule has 0 unspecified atom stereocenters. The van der Waals surface area contributed by atoms with Crippen molar-refractivity contribution in [3.05, 3.63) is 38.9 Å². The molecule has 1 saturated heterocycles. The van der Waals surface area contributed by atoms with Gasteiger partial charge in [0.1, 0.15) is 5.76 Å². The monoisotopic (exact) mass is 351 g/mol. The Hall–Kier alpha value is -1.37. The second kappa shape index (κ2) is 6.26. The first-order chi connectivity index (χ1) is 11.2. The van der Waals surface area contributed by atoms with E-state index >= 15 is 0 Å². The lowest BCUT2D eigenvalue weighted by Gasteiger charge is -2.34. The van der Waals surface area contributed by atoms with Crippen LogP contribution < -0.4 is 0 Å². The fraction of sp³-hybridized carbons (Fsp3) is 0.500. The third-order valence-corrected chi connectivity index (χ3v) is 5.61. The molecule has 0 radical (unpaired) electrons. The maximum absolute atomic E-state index is 12.5. The lowest BCUT2D eigenvalue weighted by atomic mass is 10.2. The van der Waals surface area contributed by atoms with E-state index in [9.17, 15) is 4.79 Å². The molecule has 1 aliphatic heterocycles. The molecule has 0 aromatic carbocycles. The molecule has 1 aliphatic carbocycles. The van der Waals surface area contributed by atoms with Gasteiger partial charge in [-0.1, -0.05) is 16.8 Å². The number of carbonyl (C=O) groups is 1. The first-order valence-corrected chi connectivity index (χ1v) is 9.11. The molecular weight excluding hydrogens is 334 g/mol. The van der Waals surface area contributed by atoms with Gasteiger partial charge in [-0.05, 0) is 25.0 Å². The summed E-state index contributed by atoms with van der Waals surface area (Å²) in [6, 6.07) is 5.82. The summed E-state index contributed by atoms with van der Waals surface area (Å²) in [5.41, 5.74) is 0.449. The van der Waals surface area contributed by atoms with Gasteiger partial charge < -0.3 is 9.42 Å². The van der Waals surface area contributed by atoms with Crippen LogP contribution in [0.1, 0.15) is 39.9 Å². The summed E-state index contributed by atoms with van der Waals surface area (Å²) in [4.78, 5) is 18.0. The maximum atomic E-state index is 12.5. The number of amides is 1. The molecule has 0 atom stereocenters. The quantitative estimate of drug-likeness (QED) is 0.848. The minimum atomic E-state index is -0.0144. The van der Waals surface area contributed by atoms with Gasteiger partial charge in [-0.15, -0.1) is 11.3 Å². The molecule has 0 spiro atoms. The summed E-state index contributed by atoms with van der Waals surface area (Å²) in [5.74, 6) is 1.33. The molecule has 7 heteroatoms. The zero-order valence-electron chi connectivity index (χ0n) is 12.7. The summed E-state index contributed by atoms with van der Waals surface area (Å²) < 4.78 is 6.11. The molecule has 4 rings (SSSR count). The zero-order chi connectivity index (χ0) is 15.8. The van der Waals surface area contributed by atoms with Crippen molar-refractivity contribution in [3.63, 3.8) is 0 Å². The normalized spacial score (nSPS) is 19.3. The molecular formula is C16H18ClN3O2S. The summed E-state index contributed by atoms with van der Waals surface area (Å²) in [6.07, 6.45) is 2.29. The molecule has 2 aliphatic rings. The standard InChI is InChI=1S/C16H18ClN3O2S/c17-15-4-3-12(23-15)10-19-5-7-20(8-6-19)16(21)13-9-14(22-18-13)11-1-2-11/h3-4,9,11H,1-2,5-8,10H2. The lowest BCUT2D eigenvalue weighted by Crippen LogP contribution is -2.48. The lowest BCUT2D eigenvalue weighted by molar-refractivity contribution is 0.0619. The smallest absolute Gasteiger partial charge is 0.276 e. The fourth-order valence-corrected chi connectivity index (χ4v) is 4.01. The number of rotatable bonds is 4. The molecule has 3 heterocycles. The second-order valence-corrected chi connectivity index (χ2v) is 7.96. The van der Waals surface area contributed by atoms with Gasteiger partial charge in [0.05, 0.1) is 4.34 Å². The molecule has 1 saturated carbocycles. The highest BCUT2D eigenvalue weighted by atomic mass is 35.5. The predicted octanol–water partition coefficient (Wildman–Crippen LogP) is 3.22. The predicted molar refractivity (Wildman–Crippen MR) is 89.0 cm³/mol. The number of piperazine rings is 1. The van der Waals surface area contributed by atoms with Gasteiger partial charge in [0.15, 0.2) is 5.69 Å². The Bertz CT molecular complexity index is 702. The van der Waals surface area contributed by atoms with E-state index in [-0.39, 0.29) is 5.91 Å². The number of thiophene rings is 1. The Kier molecular flexibility index (Phi) is 4.13. The Morgan fingerprint density at radius 1 is 1.30 bits per heavy atom. The van der Waals surface area contributed by atoms with Crippen LogP contribution in [0.2, 0.25) is 4.34 Å². The van der Waals surface area contributed by atoms with Gasteiger partial charge in [0.2, 0.25) is 0 Å². The van der Waals surface area contributed by atoms with E-state index in [0.717, 1.165) is 55.7 Å². The van der Waals surface area contributed by atoms with Crippen molar-refractivity contribution in [1.29, 1.82) is 0 Å². The van der Waals surface area contributed by atoms with Gasteiger partial charge >= 0.3 is 0 Å². The van der Waals surface area contributed by atoms with E-state index in [4.69, 9.17) is 16.1 Å². The van der Waals surface area contributed by atoms with Crippen molar-refractivity contribution < 1.29 is 9.32 Å². The average Bonchev–Trinajstić information content (AvgIpc) is 3.15. The zero-order valence-corrected chi connectivity index (χ0v) is 14.3. The SMILES string of the molecule is O=C(c1cc(C2CC2)on1)N1CCN(Cc2ccc(Cl)s2)CC1. The number of nitrogens with zero attached hydrogens (tertiary/aromatic N) is 3. The number of hydrogen-bond donors (Lipinski definition) is 0. The first kappa shape index (κ1) is 15.2. The van der Waals surface area contributed by atoms with Crippen LogP contribution in [0.25, 0.3) is 0 Å². The van der Waals surface area contributed by atoms with E-state index in [2.05, 4.69) is 16.1 Å². The van der Waals surface area contributed by atoms with Gasteiger partial charge in [-0.25, -0.2) is 0 Å². The van der Waals surface area contributed by atoms with E-state index in [1.807, 2.05) is 17.0 Å². The van der Waals surface area contributed by atoms with Gasteiger partial charge in [0.25, 0.3) is 5.91 Å².